The number of methoxy groups -OCH3 is 1. The molecule has 1 fully saturated rings. The van der Waals surface area contributed by atoms with E-state index in [-0.39, 0.29) is 5.91 Å². The highest BCUT2D eigenvalue weighted by atomic mass is 32.2. The quantitative estimate of drug-likeness (QED) is 0.627. The van der Waals surface area contributed by atoms with Crippen LogP contribution >= 0.6 is 24.0 Å². The molecule has 2 aromatic carbocycles. The van der Waals surface area contributed by atoms with Gasteiger partial charge in [-0.25, -0.2) is 0 Å². The Morgan fingerprint density at radius 1 is 1.14 bits per heavy atom. The Balaban J connectivity index is 1.92. The second-order valence-corrected chi connectivity index (χ2v) is 6.31. The van der Waals surface area contributed by atoms with Crippen molar-refractivity contribution in [3.05, 3.63) is 65.1 Å². The molecule has 1 aliphatic rings. The summed E-state index contributed by atoms with van der Waals surface area (Å²) in [6, 6.07) is 17.0. The van der Waals surface area contributed by atoms with Crippen molar-refractivity contribution in [3.8, 4) is 5.75 Å². The number of anilines is 1. The maximum Gasteiger partial charge on any atom is 0.270 e. The number of ether oxygens (including phenoxy) is 1. The fourth-order valence-corrected chi connectivity index (χ4v) is 3.45. The van der Waals surface area contributed by atoms with Gasteiger partial charge in [0.1, 0.15) is 5.75 Å². The summed E-state index contributed by atoms with van der Waals surface area (Å²) in [6.07, 6.45) is 1.84. The van der Waals surface area contributed by atoms with E-state index in [1.54, 1.807) is 12.0 Å². The molecule has 0 spiro atoms. The molecule has 0 bridgehead atoms. The first-order valence-electron chi connectivity index (χ1n) is 6.66. The van der Waals surface area contributed by atoms with Crippen molar-refractivity contribution in [3.63, 3.8) is 0 Å². The highest BCUT2D eigenvalue weighted by Crippen LogP contribution is 2.36. The Hall–Kier alpha value is -2.11. The average Bonchev–Trinajstić information content (AvgIpc) is 2.82. The third-order valence-corrected chi connectivity index (χ3v) is 4.50. The van der Waals surface area contributed by atoms with Crippen LogP contribution in [0.3, 0.4) is 0 Å². The fourth-order valence-electron chi connectivity index (χ4n) is 2.15. The van der Waals surface area contributed by atoms with Crippen molar-refractivity contribution in [2.24, 2.45) is 0 Å². The van der Waals surface area contributed by atoms with E-state index in [0.717, 1.165) is 17.0 Å². The summed E-state index contributed by atoms with van der Waals surface area (Å²) in [5.74, 6) is 0.663. The predicted molar refractivity (Wildman–Crippen MR) is 95.1 cm³/mol. The minimum absolute atomic E-state index is 0.0935. The first-order chi connectivity index (χ1) is 10.7. The zero-order valence-corrected chi connectivity index (χ0v) is 13.5. The normalized spacial score (nSPS) is 16.4. The summed E-state index contributed by atoms with van der Waals surface area (Å²) in [7, 11) is 1.62. The minimum atomic E-state index is -0.0935. The van der Waals surface area contributed by atoms with Crippen molar-refractivity contribution in [1.29, 1.82) is 0 Å². The van der Waals surface area contributed by atoms with E-state index in [9.17, 15) is 4.79 Å². The number of thioether (sulfide) groups is 1. The SMILES string of the molecule is COc1cccc(C=C2SC(=S)N(c3ccccc3)C2=O)c1. The van der Waals surface area contributed by atoms with Crippen LogP contribution in [0.2, 0.25) is 0 Å². The molecule has 0 N–H and O–H groups in total. The number of para-hydroxylation sites is 1. The van der Waals surface area contributed by atoms with Gasteiger partial charge in [-0.2, -0.15) is 0 Å². The second-order valence-electron chi connectivity index (χ2n) is 4.63. The maximum atomic E-state index is 12.6. The highest BCUT2D eigenvalue weighted by molar-refractivity contribution is 8.27. The van der Waals surface area contributed by atoms with Crippen LogP contribution in [-0.2, 0) is 4.79 Å². The first-order valence-corrected chi connectivity index (χ1v) is 7.88. The number of rotatable bonds is 3. The van der Waals surface area contributed by atoms with E-state index in [0.29, 0.717) is 9.23 Å². The smallest absolute Gasteiger partial charge is 0.270 e. The average molecular weight is 327 g/mol. The molecule has 3 nitrogen and oxygen atoms in total. The molecule has 2 aromatic rings. The van der Waals surface area contributed by atoms with Crippen molar-refractivity contribution in [1.82, 2.24) is 0 Å². The molecule has 3 rings (SSSR count). The zero-order chi connectivity index (χ0) is 15.5. The predicted octanol–water partition coefficient (Wildman–Crippen LogP) is 4.10. The molecule has 0 aromatic heterocycles. The minimum Gasteiger partial charge on any atom is -0.497 e. The van der Waals surface area contributed by atoms with E-state index in [1.807, 2.05) is 60.7 Å². The van der Waals surface area contributed by atoms with E-state index in [4.69, 9.17) is 17.0 Å². The zero-order valence-electron chi connectivity index (χ0n) is 11.9. The van der Waals surface area contributed by atoms with Gasteiger partial charge >= 0.3 is 0 Å². The number of hydrogen-bond acceptors (Lipinski definition) is 4. The van der Waals surface area contributed by atoms with Gasteiger partial charge in [0.25, 0.3) is 5.91 Å². The molecule has 22 heavy (non-hydrogen) atoms. The summed E-state index contributed by atoms with van der Waals surface area (Å²) < 4.78 is 5.75. The van der Waals surface area contributed by atoms with Crippen LogP contribution in [-0.4, -0.2) is 17.3 Å². The number of carbonyl (C=O) groups is 1. The van der Waals surface area contributed by atoms with Crippen molar-refractivity contribution in [2.75, 3.05) is 12.0 Å². The molecule has 1 aliphatic heterocycles. The fraction of sp³-hybridized carbons (Fsp3) is 0.0588. The van der Waals surface area contributed by atoms with Gasteiger partial charge < -0.3 is 4.74 Å². The topological polar surface area (TPSA) is 29.5 Å². The monoisotopic (exact) mass is 327 g/mol. The third-order valence-electron chi connectivity index (χ3n) is 3.20. The van der Waals surface area contributed by atoms with Crippen molar-refractivity contribution in [2.45, 2.75) is 0 Å². The second kappa shape index (κ2) is 6.34. The molecule has 1 amide bonds. The molecular formula is C17H13NO2S2. The lowest BCUT2D eigenvalue weighted by Crippen LogP contribution is -2.27. The molecule has 1 heterocycles. The van der Waals surface area contributed by atoms with Gasteiger partial charge in [-0.3, -0.25) is 9.69 Å². The van der Waals surface area contributed by atoms with Crippen LogP contribution in [0.25, 0.3) is 6.08 Å². The van der Waals surface area contributed by atoms with Gasteiger partial charge in [-0.05, 0) is 35.9 Å². The number of hydrogen-bond donors (Lipinski definition) is 0. The van der Waals surface area contributed by atoms with E-state index < -0.39 is 0 Å². The highest BCUT2D eigenvalue weighted by Gasteiger charge is 2.33. The van der Waals surface area contributed by atoms with Gasteiger partial charge in [-0.1, -0.05) is 54.3 Å². The molecule has 110 valence electrons. The van der Waals surface area contributed by atoms with E-state index >= 15 is 0 Å². The van der Waals surface area contributed by atoms with Crippen LogP contribution < -0.4 is 9.64 Å². The molecule has 5 heteroatoms. The largest absolute Gasteiger partial charge is 0.497 e. The molecule has 0 aliphatic carbocycles. The van der Waals surface area contributed by atoms with Gasteiger partial charge in [0.05, 0.1) is 17.7 Å². The number of amides is 1. The van der Waals surface area contributed by atoms with Crippen molar-refractivity contribution < 1.29 is 9.53 Å². The van der Waals surface area contributed by atoms with Crippen molar-refractivity contribution >= 4 is 46.0 Å². The van der Waals surface area contributed by atoms with Gasteiger partial charge in [0, 0.05) is 0 Å². The van der Waals surface area contributed by atoms with Crippen LogP contribution in [0.1, 0.15) is 5.56 Å². The van der Waals surface area contributed by atoms with E-state index in [1.165, 1.54) is 11.8 Å². The summed E-state index contributed by atoms with van der Waals surface area (Å²) in [5, 5.41) is 0. The summed E-state index contributed by atoms with van der Waals surface area (Å²) >= 11 is 6.66. The number of thiocarbonyl (C=S) groups is 1. The lowest BCUT2D eigenvalue weighted by molar-refractivity contribution is -0.113. The van der Waals surface area contributed by atoms with Crippen LogP contribution in [0, 0.1) is 0 Å². The van der Waals surface area contributed by atoms with Gasteiger partial charge in [0.15, 0.2) is 4.32 Å². The number of carbonyl (C=O) groups excluding carboxylic acids is 1. The van der Waals surface area contributed by atoms with E-state index in [2.05, 4.69) is 0 Å². The van der Waals surface area contributed by atoms with Gasteiger partial charge in [0.2, 0.25) is 0 Å². The Morgan fingerprint density at radius 2 is 1.91 bits per heavy atom. The summed E-state index contributed by atoms with van der Waals surface area (Å²) in [4.78, 5) is 14.8. The molecule has 0 radical (unpaired) electrons. The van der Waals surface area contributed by atoms with Crippen LogP contribution in [0.5, 0.6) is 5.75 Å². The Labute approximate surface area is 138 Å². The number of benzene rings is 2. The number of nitrogens with zero attached hydrogens (tertiary/aromatic N) is 1. The summed E-state index contributed by atoms with van der Waals surface area (Å²) in [6.45, 7) is 0. The van der Waals surface area contributed by atoms with Crippen LogP contribution in [0.15, 0.2) is 59.5 Å². The molecule has 1 saturated heterocycles. The molecule has 0 atom stereocenters. The lowest BCUT2D eigenvalue weighted by Gasteiger charge is -2.13. The summed E-state index contributed by atoms with van der Waals surface area (Å²) in [5.41, 5.74) is 1.70. The van der Waals surface area contributed by atoms with Crippen LogP contribution in [0.4, 0.5) is 5.69 Å². The first kappa shape index (κ1) is 14.8. The Kier molecular flexibility index (Phi) is 4.27. The third kappa shape index (κ3) is 2.91. The molecular weight excluding hydrogens is 314 g/mol. The Bertz CT molecular complexity index is 756. The Morgan fingerprint density at radius 3 is 2.64 bits per heavy atom. The maximum absolute atomic E-state index is 12.6. The molecule has 0 saturated carbocycles. The standard InChI is InChI=1S/C17H13NO2S2/c1-20-14-9-5-6-12(10-14)11-15-16(19)18(17(21)22-15)13-7-3-2-4-8-13/h2-11H,1H3. The molecule has 0 unspecified atom stereocenters. The van der Waals surface area contributed by atoms with Gasteiger partial charge in [-0.15, -0.1) is 0 Å². The lowest BCUT2D eigenvalue weighted by atomic mass is 10.2.